The molecule has 0 heterocycles. The maximum absolute atomic E-state index is 11.5. The van der Waals surface area contributed by atoms with Gasteiger partial charge in [-0.2, -0.15) is 0 Å². The highest BCUT2D eigenvalue weighted by Gasteiger charge is 2.12. The highest BCUT2D eigenvalue weighted by atomic mass is 32.2. The molecule has 0 aromatic heterocycles. The molecule has 0 aliphatic carbocycles. The van der Waals surface area contributed by atoms with Gasteiger partial charge in [0.05, 0.1) is 4.90 Å². The zero-order valence-corrected chi connectivity index (χ0v) is 8.54. The van der Waals surface area contributed by atoms with Crippen LogP contribution in [-0.2, 0) is 14.6 Å². The van der Waals surface area contributed by atoms with Crippen molar-refractivity contribution in [2.45, 2.75) is 11.8 Å². The Morgan fingerprint density at radius 2 is 1.86 bits per heavy atom. The molecule has 0 saturated heterocycles. The zero-order chi connectivity index (χ0) is 10.6. The first-order chi connectivity index (χ1) is 6.56. The largest absolute Gasteiger partial charge is 0.344 e. The van der Waals surface area contributed by atoms with Gasteiger partial charge in [0.15, 0.2) is 9.84 Å². The van der Waals surface area contributed by atoms with Gasteiger partial charge in [-0.05, 0) is 19.1 Å². The van der Waals surface area contributed by atoms with E-state index in [4.69, 9.17) is 0 Å². The van der Waals surface area contributed by atoms with Gasteiger partial charge in [0.2, 0.25) is 6.41 Å². The molecule has 0 spiro atoms. The number of amides is 1. The Labute approximate surface area is 82.9 Å². The van der Waals surface area contributed by atoms with E-state index in [1.807, 2.05) is 6.92 Å². The first kappa shape index (κ1) is 10.7. The Morgan fingerprint density at radius 1 is 1.29 bits per heavy atom. The predicted octanol–water partition coefficient (Wildman–Crippen LogP) is 0.472. The van der Waals surface area contributed by atoms with Gasteiger partial charge in [0, 0.05) is 0 Å². The van der Waals surface area contributed by atoms with Crippen LogP contribution in [0.4, 0.5) is 0 Å². The summed E-state index contributed by atoms with van der Waals surface area (Å²) >= 11 is 0. The summed E-state index contributed by atoms with van der Waals surface area (Å²) in [5.74, 6) is -0.362. The molecule has 0 aliphatic rings. The molecule has 0 aliphatic heterocycles. The van der Waals surface area contributed by atoms with Gasteiger partial charge in [-0.15, -0.1) is 0 Å². The molecule has 0 bridgehead atoms. The van der Waals surface area contributed by atoms with E-state index in [0.29, 0.717) is 6.41 Å². The van der Waals surface area contributed by atoms with Crippen LogP contribution < -0.4 is 5.32 Å². The molecule has 1 aromatic rings. The van der Waals surface area contributed by atoms with Crippen molar-refractivity contribution >= 4 is 16.2 Å². The molecule has 0 fully saturated rings. The van der Waals surface area contributed by atoms with Crippen LogP contribution in [0.5, 0.6) is 0 Å². The highest BCUT2D eigenvalue weighted by molar-refractivity contribution is 7.91. The van der Waals surface area contributed by atoms with Crippen molar-refractivity contribution in [1.29, 1.82) is 0 Å². The van der Waals surface area contributed by atoms with Crippen LogP contribution in [-0.4, -0.2) is 20.7 Å². The zero-order valence-electron chi connectivity index (χ0n) is 7.73. The maximum atomic E-state index is 11.5. The molecule has 5 heteroatoms. The molecule has 76 valence electrons. The molecule has 14 heavy (non-hydrogen) atoms. The molecule has 0 atom stereocenters. The van der Waals surface area contributed by atoms with E-state index in [0.717, 1.165) is 5.56 Å². The van der Waals surface area contributed by atoms with E-state index >= 15 is 0 Å². The average Bonchev–Trinajstić information content (AvgIpc) is 2.16. The summed E-state index contributed by atoms with van der Waals surface area (Å²) in [6, 6.07) is 6.48. The number of sulfone groups is 1. The fraction of sp³-hybridized carbons (Fsp3) is 0.222. The summed E-state index contributed by atoms with van der Waals surface area (Å²) in [6.45, 7) is 1.88. The lowest BCUT2D eigenvalue weighted by atomic mass is 10.2. The normalized spacial score (nSPS) is 10.9. The fourth-order valence-corrected chi connectivity index (χ4v) is 1.98. The van der Waals surface area contributed by atoms with E-state index in [1.165, 1.54) is 12.1 Å². The number of benzene rings is 1. The Morgan fingerprint density at radius 3 is 2.36 bits per heavy atom. The number of aryl methyl sites for hydroxylation is 1. The second-order valence-corrected chi connectivity index (χ2v) is 4.88. The van der Waals surface area contributed by atoms with Gasteiger partial charge in [-0.25, -0.2) is 8.42 Å². The number of rotatable bonds is 4. The minimum absolute atomic E-state index is 0.220. The molecule has 1 amide bonds. The van der Waals surface area contributed by atoms with Gasteiger partial charge in [0.1, 0.15) is 5.88 Å². The third-order valence-electron chi connectivity index (χ3n) is 1.74. The van der Waals surface area contributed by atoms with Crippen molar-refractivity contribution in [3.05, 3.63) is 29.8 Å². The molecule has 1 aromatic carbocycles. The van der Waals surface area contributed by atoms with Crippen molar-refractivity contribution in [3.63, 3.8) is 0 Å². The Hall–Kier alpha value is -1.36. The van der Waals surface area contributed by atoms with Gasteiger partial charge in [0.25, 0.3) is 0 Å². The highest BCUT2D eigenvalue weighted by Crippen LogP contribution is 2.10. The van der Waals surface area contributed by atoms with Crippen LogP contribution in [0.15, 0.2) is 29.2 Å². The molecular formula is C9H11NO3S. The summed E-state index contributed by atoms with van der Waals surface area (Å²) in [5.41, 5.74) is 0.993. The van der Waals surface area contributed by atoms with Crippen LogP contribution in [0.2, 0.25) is 0 Å². The van der Waals surface area contributed by atoms with Crippen molar-refractivity contribution < 1.29 is 13.2 Å². The molecule has 1 N–H and O–H groups in total. The first-order valence-corrected chi connectivity index (χ1v) is 5.68. The number of nitrogens with one attached hydrogen (secondary N) is 1. The number of hydrogen-bond acceptors (Lipinski definition) is 3. The van der Waals surface area contributed by atoms with Crippen LogP contribution in [0.3, 0.4) is 0 Å². The molecule has 0 saturated carbocycles. The second-order valence-electron chi connectivity index (χ2n) is 2.89. The van der Waals surface area contributed by atoms with Gasteiger partial charge in [-0.3, -0.25) is 4.79 Å². The molecule has 0 radical (unpaired) electrons. The molecular weight excluding hydrogens is 203 g/mol. The molecule has 4 nitrogen and oxygen atoms in total. The number of carbonyl (C=O) groups excluding carboxylic acids is 1. The van der Waals surface area contributed by atoms with E-state index in [9.17, 15) is 13.2 Å². The van der Waals surface area contributed by atoms with Crippen LogP contribution in [0.1, 0.15) is 5.56 Å². The SMILES string of the molecule is Cc1ccc(S(=O)(=O)C[15NH]C=O)cc1. The van der Waals surface area contributed by atoms with Crippen LogP contribution in [0, 0.1) is 6.92 Å². The standard InChI is InChI=1S/C9H11NO3S/c1-8-2-4-9(5-3-8)14(12,13)7-10-6-11/h2-6H,7H2,1H3,(H,10,11)/i10+1. The monoisotopic (exact) mass is 214 g/mol. The van der Waals surface area contributed by atoms with E-state index < -0.39 is 9.84 Å². The summed E-state index contributed by atoms with van der Waals surface area (Å²) in [7, 11) is -3.38. The lowest BCUT2D eigenvalue weighted by molar-refractivity contribution is -0.109. The van der Waals surface area contributed by atoms with E-state index in [2.05, 4.69) is 5.32 Å². The Bertz CT molecular complexity index is 408. The van der Waals surface area contributed by atoms with Crippen molar-refractivity contribution in [3.8, 4) is 0 Å². The van der Waals surface area contributed by atoms with Crippen molar-refractivity contribution in [2.24, 2.45) is 0 Å². The second kappa shape index (κ2) is 4.23. The lowest BCUT2D eigenvalue weighted by Crippen LogP contribution is -2.21. The van der Waals surface area contributed by atoms with Gasteiger partial charge >= 0.3 is 0 Å². The van der Waals surface area contributed by atoms with Gasteiger partial charge < -0.3 is 5.32 Å². The molecule has 0 unspecified atom stereocenters. The quantitative estimate of drug-likeness (QED) is 0.585. The van der Waals surface area contributed by atoms with E-state index in [-0.39, 0.29) is 10.8 Å². The van der Waals surface area contributed by atoms with Crippen LogP contribution in [0.25, 0.3) is 0 Å². The van der Waals surface area contributed by atoms with Crippen molar-refractivity contribution in [1.82, 2.24) is 5.32 Å². The first-order valence-electron chi connectivity index (χ1n) is 4.03. The average molecular weight is 214 g/mol. The minimum Gasteiger partial charge on any atom is -0.344 e. The van der Waals surface area contributed by atoms with E-state index in [1.54, 1.807) is 12.1 Å². The van der Waals surface area contributed by atoms with Crippen LogP contribution >= 0.6 is 0 Å². The smallest absolute Gasteiger partial charge is 0.207 e. The summed E-state index contributed by atoms with van der Waals surface area (Å²) < 4.78 is 23.0. The summed E-state index contributed by atoms with van der Waals surface area (Å²) in [6.07, 6.45) is 0.367. The lowest BCUT2D eigenvalue weighted by Gasteiger charge is -2.03. The van der Waals surface area contributed by atoms with Gasteiger partial charge in [-0.1, -0.05) is 17.7 Å². The number of hydrogen-bond donors (Lipinski definition) is 1. The summed E-state index contributed by atoms with van der Waals surface area (Å²) in [5, 5.41) is 2.13. The minimum atomic E-state index is -3.38. The molecule has 1 rings (SSSR count). The summed E-state index contributed by atoms with van der Waals surface area (Å²) in [4.78, 5) is 10.2. The predicted molar refractivity (Wildman–Crippen MR) is 52.4 cm³/mol. The maximum Gasteiger partial charge on any atom is 0.207 e. The Balaban J connectivity index is 2.93. The fourth-order valence-electron chi connectivity index (χ4n) is 0.973. The Kier molecular flexibility index (Phi) is 3.24. The third-order valence-corrected chi connectivity index (χ3v) is 3.27. The van der Waals surface area contributed by atoms with Crippen molar-refractivity contribution in [2.75, 3.05) is 5.88 Å². The topological polar surface area (TPSA) is 63.2 Å². The third kappa shape index (κ3) is 2.56. The number of carbonyl (C=O) groups is 1.